The number of carbonyl (C=O) groups excluding carboxylic acids is 7. The standard InChI is InChI=1S/C62H82ClN9O13/c1-38(2)54(64)56(75)67-45(18-12-13-25-65-59(78)85-62(3,4)5)55(74)66-41-23-21-39(22-24-41)37-83-61(80)72-47-33-51(50(81-7)32-44(47)57(76)70-26-15-19-46(70)58(72)77)82-31-14-8-9-20-52(73)71-36-40(35-63)53-43-17-11-10-16-42(43)49(34-48(53)71)84-60(79)69-29-27-68(6)28-30-69/h10-11,16-17,21-24,32-34,38,40,45-46,54,58,77H,8-9,12-15,18-20,25-31,35-37,64H2,1-7H3,(H,65,78)(H,66,74)(H,67,75)/t40-,45?,46?,54?,58+/m1/s1. The Balaban J connectivity index is 0.881. The van der Waals surface area contributed by atoms with Crippen molar-refractivity contribution < 1.29 is 62.4 Å². The molecule has 4 heterocycles. The minimum absolute atomic E-state index is 0.0813. The van der Waals surface area contributed by atoms with E-state index in [0.717, 1.165) is 34.3 Å². The molecule has 23 heteroatoms. The van der Waals surface area contributed by atoms with Crippen molar-refractivity contribution in [2.45, 2.75) is 135 Å². The maximum absolute atomic E-state index is 14.3. The zero-order chi connectivity index (χ0) is 61.1. The third-order valence-corrected chi connectivity index (χ3v) is 16.2. The fraction of sp³-hybridized carbons (Fsp3) is 0.532. The molecule has 0 aromatic heterocycles. The molecule has 0 radical (unpaired) electrons. The topological polar surface area (TPSA) is 264 Å². The highest BCUT2D eigenvalue weighted by atomic mass is 35.5. The van der Waals surface area contributed by atoms with Crippen LogP contribution in [0.3, 0.4) is 0 Å². The van der Waals surface area contributed by atoms with Gasteiger partial charge in [0.15, 0.2) is 17.7 Å². The fourth-order valence-electron chi connectivity index (χ4n) is 11.0. The number of halogens is 1. The van der Waals surface area contributed by atoms with Crippen LogP contribution in [0.25, 0.3) is 10.8 Å². The van der Waals surface area contributed by atoms with Gasteiger partial charge in [-0.2, -0.15) is 0 Å². The number of nitrogens with two attached hydrogens (primary N) is 1. The molecule has 8 rings (SSSR count). The van der Waals surface area contributed by atoms with Crippen LogP contribution in [-0.4, -0.2) is 164 Å². The number of piperazine rings is 1. The van der Waals surface area contributed by atoms with Crippen molar-refractivity contribution in [3.63, 3.8) is 0 Å². The summed E-state index contributed by atoms with van der Waals surface area (Å²) in [6.07, 6.45) is 0.922. The Bertz CT molecular complexity index is 3060. The predicted octanol–water partition coefficient (Wildman–Crippen LogP) is 8.08. The van der Waals surface area contributed by atoms with E-state index >= 15 is 0 Å². The largest absolute Gasteiger partial charge is 0.493 e. The summed E-state index contributed by atoms with van der Waals surface area (Å²) in [6.45, 7) is 12.6. The summed E-state index contributed by atoms with van der Waals surface area (Å²) < 4.78 is 29.2. The number of anilines is 3. The molecule has 2 fully saturated rings. The summed E-state index contributed by atoms with van der Waals surface area (Å²) in [5.41, 5.74) is 8.27. The molecule has 4 aliphatic rings. The summed E-state index contributed by atoms with van der Waals surface area (Å²) in [7, 11) is 3.47. The van der Waals surface area contributed by atoms with Crippen molar-refractivity contribution in [3.05, 3.63) is 83.4 Å². The van der Waals surface area contributed by atoms with Crippen molar-refractivity contribution in [3.8, 4) is 17.2 Å². The number of amides is 7. The van der Waals surface area contributed by atoms with Gasteiger partial charge in [0.2, 0.25) is 17.7 Å². The molecule has 7 amide bonds. The van der Waals surface area contributed by atoms with Gasteiger partial charge in [-0.05, 0) is 120 Å². The second-order valence-electron chi connectivity index (χ2n) is 23.5. The first-order valence-electron chi connectivity index (χ1n) is 29.5. The Morgan fingerprint density at radius 3 is 2.25 bits per heavy atom. The molecule has 22 nitrogen and oxygen atoms in total. The molecule has 4 aromatic carbocycles. The van der Waals surface area contributed by atoms with E-state index in [9.17, 15) is 38.7 Å². The van der Waals surface area contributed by atoms with Crippen LogP contribution in [0.1, 0.15) is 120 Å². The highest BCUT2D eigenvalue weighted by Gasteiger charge is 2.46. The lowest BCUT2D eigenvalue weighted by Crippen LogP contribution is -2.51. The maximum Gasteiger partial charge on any atom is 0.416 e. The van der Waals surface area contributed by atoms with E-state index in [0.29, 0.717) is 106 Å². The Labute approximate surface area is 501 Å². The smallest absolute Gasteiger partial charge is 0.416 e. The van der Waals surface area contributed by atoms with Gasteiger partial charge in [-0.25, -0.2) is 19.3 Å². The van der Waals surface area contributed by atoms with Crippen LogP contribution >= 0.6 is 11.6 Å². The Morgan fingerprint density at radius 2 is 1.55 bits per heavy atom. The first-order valence-corrected chi connectivity index (χ1v) is 30.0. The molecule has 85 heavy (non-hydrogen) atoms. The first kappa shape index (κ1) is 63.6. The Hall–Kier alpha value is -7.40. The van der Waals surface area contributed by atoms with Gasteiger partial charge in [0, 0.05) is 87.2 Å². The summed E-state index contributed by atoms with van der Waals surface area (Å²) in [5, 5.41) is 21.9. The molecule has 0 spiro atoms. The van der Waals surface area contributed by atoms with E-state index < -0.39 is 60.0 Å². The van der Waals surface area contributed by atoms with E-state index in [4.69, 9.17) is 41.0 Å². The molecule has 2 saturated heterocycles. The van der Waals surface area contributed by atoms with E-state index in [-0.39, 0.29) is 72.5 Å². The quantitative estimate of drug-likeness (QED) is 0.0368. The lowest BCUT2D eigenvalue weighted by atomic mass is 9.95. The number of aliphatic hydroxyl groups is 1. The van der Waals surface area contributed by atoms with Crippen LogP contribution in [0.4, 0.5) is 31.4 Å². The summed E-state index contributed by atoms with van der Waals surface area (Å²) in [5.74, 6) is -0.521. The van der Waals surface area contributed by atoms with Gasteiger partial charge in [0.05, 0.1) is 42.7 Å². The second kappa shape index (κ2) is 28.7. The lowest BCUT2D eigenvalue weighted by molar-refractivity contribution is -0.128. The third kappa shape index (κ3) is 15.7. The number of alkyl carbamates (subject to hydrolysis) is 1. The third-order valence-electron chi connectivity index (χ3n) is 15.8. The molecule has 4 aliphatic heterocycles. The SMILES string of the molecule is COc1cc2c(cc1OCCCCCC(=O)N1C[C@@H](CCl)c3c1cc(OC(=O)N1CCN(C)CC1)c1ccccc31)N(C(=O)OCc1ccc(NC(=O)C(CCCCNC(=O)OC(C)(C)C)NC(=O)C(N)C(C)C)cc1)[C@@H](O)C1CCCN1C2=O. The van der Waals surface area contributed by atoms with Crippen LogP contribution in [0.2, 0.25) is 0 Å². The minimum Gasteiger partial charge on any atom is -0.493 e. The fourth-order valence-corrected chi connectivity index (χ4v) is 11.3. The van der Waals surface area contributed by atoms with Gasteiger partial charge in [0.1, 0.15) is 24.0 Å². The van der Waals surface area contributed by atoms with Gasteiger partial charge in [-0.15, -0.1) is 11.6 Å². The normalized spacial score (nSPS) is 18.4. The van der Waals surface area contributed by atoms with Crippen LogP contribution in [0.15, 0.2) is 66.7 Å². The second-order valence-corrected chi connectivity index (χ2v) is 23.8. The van der Waals surface area contributed by atoms with Crippen molar-refractivity contribution in [1.29, 1.82) is 0 Å². The number of benzene rings is 4. The molecular weight excluding hydrogens is 1110 g/mol. The molecule has 4 aromatic rings. The molecule has 0 aliphatic carbocycles. The number of carbonyl (C=O) groups is 7. The number of alkyl halides is 1. The molecule has 3 unspecified atom stereocenters. The zero-order valence-electron chi connectivity index (χ0n) is 49.8. The van der Waals surface area contributed by atoms with Crippen molar-refractivity contribution >= 4 is 81.3 Å². The molecule has 5 atom stereocenters. The number of nitrogens with zero attached hydrogens (tertiary/aromatic N) is 5. The number of rotatable bonds is 22. The number of hydrogen-bond acceptors (Lipinski definition) is 15. The number of fused-ring (bicyclic) bond motifs is 5. The number of hydrogen-bond donors (Lipinski definition) is 5. The number of nitrogens with one attached hydrogen (secondary N) is 3. The molecule has 0 saturated carbocycles. The summed E-state index contributed by atoms with van der Waals surface area (Å²) >= 11 is 6.55. The van der Waals surface area contributed by atoms with Crippen molar-refractivity contribution in [2.24, 2.45) is 11.7 Å². The van der Waals surface area contributed by atoms with Gasteiger partial charge >= 0.3 is 18.3 Å². The highest BCUT2D eigenvalue weighted by Crippen LogP contribution is 2.46. The van der Waals surface area contributed by atoms with Crippen LogP contribution in [0, 0.1) is 5.92 Å². The minimum atomic E-state index is -1.47. The Kier molecular flexibility index (Phi) is 21.4. The van der Waals surface area contributed by atoms with Crippen molar-refractivity contribution in [2.75, 3.05) is 87.6 Å². The lowest BCUT2D eigenvalue weighted by Gasteiger charge is -2.31. The first-order chi connectivity index (χ1) is 40.7. The molecule has 0 bridgehead atoms. The predicted molar refractivity (Wildman–Crippen MR) is 322 cm³/mol. The van der Waals surface area contributed by atoms with E-state index in [2.05, 4.69) is 20.9 Å². The zero-order valence-corrected chi connectivity index (χ0v) is 50.5. The van der Waals surface area contributed by atoms with Gasteiger partial charge in [-0.1, -0.05) is 50.2 Å². The van der Waals surface area contributed by atoms with E-state index in [1.54, 1.807) is 65.8 Å². The number of aliphatic hydroxyl groups excluding tert-OH is 1. The molecular formula is C62H82ClN9O13. The number of likely N-dealkylation sites (N-methyl/N-ethyl adjacent to an activating group) is 1. The average Bonchev–Trinajstić information content (AvgIpc) is 3.77. The van der Waals surface area contributed by atoms with Gasteiger partial charge < -0.3 is 70.1 Å². The summed E-state index contributed by atoms with van der Waals surface area (Å²) in [6, 6.07) is 16.6. The molecule has 6 N–H and O–H groups in total. The number of ether oxygens (including phenoxy) is 5. The summed E-state index contributed by atoms with van der Waals surface area (Å²) in [4.78, 5) is 103. The molecule has 460 valence electrons. The average molecular weight is 1200 g/mol. The number of unbranched alkanes of at least 4 members (excludes halogenated alkanes) is 3. The highest BCUT2D eigenvalue weighted by molar-refractivity contribution is 6.19. The van der Waals surface area contributed by atoms with Crippen molar-refractivity contribution in [1.82, 2.24) is 25.3 Å². The van der Waals surface area contributed by atoms with Crippen LogP contribution in [-0.2, 0) is 30.5 Å². The van der Waals surface area contributed by atoms with Crippen LogP contribution in [0.5, 0.6) is 17.2 Å². The Morgan fingerprint density at radius 1 is 0.835 bits per heavy atom. The van der Waals surface area contributed by atoms with E-state index in [1.165, 1.54) is 19.2 Å². The monoisotopic (exact) mass is 1200 g/mol. The van der Waals surface area contributed by atoms with Crippen LogP contribution < -0.4 is 45.7 Å². The maximum atomic E-state index is 14.3. The van der Waals surface area contributed by atoms with E-state index in [1.807, 2.05) is 45.2 Å². The van der Waals surface area contributed by atoms with Gasteiger partial charge in [-0.3, -0.25) is 19.2 Å². The van der Waals surface area contributed by atoms with Gasteiger partial charge in [0.25, 0.3) is 5.91 Å². The number of methoxy groups -OCH3 is 1.